The number of nitrogens with zero attached hydrogens (tertiary/aromatic N) is 1. The number of unbranched alkanes of at least 4 members (excludes halogenated alkanes) is 1. The smallest absolute Gasteiger partial charge is 0.252 e. The highest BCUT2D eigenvalue weighted by Crippen LogP contribution is 2.12. The normalized spacial score (nSPS) is 15.0. The molecule has 1 rings (SSSR count). The first-order valence-electron chi connectivity index (χ1n) is 18.1. The van der Waals surface area contributed by atoms with Crippen molar-refractivity contribution in [2.75, 3.05) is 13.1 Å². The highest BCUT2D eigenvalue weighted by molar-refractivity contribution is 5.98. The maximum absolute atomic E-state index is 13.7. The Kier molecular flexibility index (Phi) is 20.1. The third-order valence-corrected chi connectivity index (χ3v) is 8.53. The summed E-state index contributed by atoms with van der Waals surface area (Å²) in [4.78, 5) is 66.3. The van der Waals surface area contributed by atoms with Crippen LogP contribution in [0, 0.1) is 23.0 Å². The van der Waals surface area contributed by atoms with Crippen LogP contribution in [0.4, 0.5) is 0 Å². The first kappa shape index (κ1) is 43.3. The summed E-state index contributed by atoms with van der Waals surface area (Å²) in [6.07, 6.45) is 6.95. The Balaban J connectivity index is 3.10. The third kappa shape index (κ3) is 15.6. The third-order valence-electron chi connectivity index (χ3n) is 8.53. The van der Waals surface area contributed by atoms with Gasteiger partial charge in [0, 0.05) is 31.3 Å². The number of amides is 5. The molecule has 0 bridgehead atoms. The van der Waals surface area contributed by atoms with Gasteiger partial charge in [0.1, 0.15) is 18.1 Å². The molecule has 6 atom stereocenters. The average Bonchev–Trinajstić information content (AvgIpc) is 3.05. The molecule has 278 valence electrons. The minimum Gasteiger partial charge on any atom is -0.619 e. The molecule has 0 aliphatic carbocycles. The molecule has 6 N–H and O–H groups in total. The zero-order valence-electron chi connectivity index (χ0n) is 31.2. The van der Waals surface area contributed by atoms with Gasteiger partial charge in [0.25, 0.3) is 5.91 Å². The van der Waals surface area contributed by atoms with Gasteiger partial charge in [-0.1, -0.05) is 81.1 Å². The van der Waals surface area contributed by atoms with Crippen molar-refractivity contribution in [1.29, 1.82) is 0 Å². The predicted molar refractivity (Wildman–Crippen MR) is 191 cm³/mol. The lowest BCUT2D eigenvalue weighted by Gasteiger charge is -2.29. The molecular formula is C36H63N7O6. The lowest BCUT2D eigenvalue weighted by molar-refractivity contribution is -0.605. The second-order valence-corrected chi connectivity index (χ2v) is 13.7. The van der Waals surface area contributed by atoms with E-state index in [1.54, 1.807) is 0 Å². The van der Waals surface area contributed by atoms with Crippen LogP contribution in [0.1, 0.15) is 118 Å². The highest BCUT2D eigenvalue weighted by Gasteiger charge is 2.32. The van der Waals surface area contributed by atoms with E-state index in [0.29, 0.717) is 49.9 Å². The van der Waals surface area contributed by atoms with Crippen LogP contribution in [-0.4, -0.2) is 72.8 Å². The molecule has 1 aromatic heterocycles. The second-order valence-electron chi connectivity index (χ2n) is 13.7. The maximum atomic E-state index is 13.7. The summed E-state index contributed by atoms with van der Waals surface area (Å²) in [5.74, 6) is -1.87. The van der Waals surface area contributed by atoms with Gasteiger partial charge in [-0.15, -0.1) is 0 Å². The van der Waals surface area contributed by atoms with Crippen molar-refractivity contribution < 1.29 is 28.7 Å². The van der Waals surface area contributed by atoms with E-state index in [0.717, 1.165) is 12.8 Å². The zero-order valence-corrected chi connectivity index (χ0v) is 31.2. The molecule has 0 spiro atoms. The molecule has 0 aliphatic rings. The number of hydrogen-bond donors (Lipinski definition) is 6. The summed E-state index contributed by atoms with van der Waals surface area (Å²) >= 11 is 0. The van der Waals surface area contributed by atoms with Crippen LogP contribution in [-0.2, 0) is 19.2 Å². The number of rotatable bonds is 23. The van der Waals surface area contributed by atoms with E-state index in [-0.39, 0.29) is 47.1 Å². The van der Waals surface area contributed by atoms with E-state index < -0.39 is 36.0 Å². The van der Waals surface area contributed by atoms with Gasteiger partial charge >= 0.3 is 0 Å². The first-order valence-corrected chi connectivity index (χ1v) is 18.1. The fraction of sp³-hybridized carbons (Fsp3) is 0.722. The van der Waals surface area contributed by atoms with Crippen molar-refractivity contribution in [2.45, 2.75) is 137 Å². The lowest BCUT2D eigenvalue weighted by atomic mass is 9.97. The molecule has 0 fully saturated rings. The molecule has 0 saturated carbocycles. The maximum Gasteiger partial charge on any atom is 0.252 e. The van der Waals surface area contributed by atoms with E-state index in [1.165, 1.54) is 24.5 Å². The van der Waals surface area contributed by atoms with Gasteiger partial charge in [-0.05, 0) is 43.9 Å². The minimum absolute atomic E-state index is 0.0984. The largest absolute Gasteiger partial charge is 0.619 e. The summed E-state index contributed by atoms with van der Waals surface area (Å²) in [7, 11) is 0. The SMILES string of the molecule is CCCC[C@H](NC[C@H](CC(C)C)NC(=O)[C@H](CCC)NC(=O)[C@@H](NC(=O)c1cc[n+]([O-])cc1)[C@@H](C)CC)C(=O)N[C@H](C(=O)NCC)C(C)C. The molecule has 0 saturated heterocycles. The molecule has 0 unspecified atom stereocenters. The van der Waals surface area contributed by atoms with E-state index in [2.05, 4.69) is 31.9 Å². The van der Waals surface area contributed by atoms with Crippen molar-refractivity contribution in [3.8, 4) is 0 Å². The first-order chi connectivity index (χ1) is 23.2. The van der Waals surface area contributed by atoms with Crippen molar-refractivity contribution in [1.82, 2.24) is 31.9 Å². The van der Waals surface area contributed by atoms with Gasteiger partial charge in [-0.2, -0.15) is 4.73 Å². The summed E-state index contributed by atoms with van der Waals surface area (Å²) < 4.78 is 0.572. The number of aromatic nitrogens is 1. The van der Waals surface area contributed by atoms with Gasteiger partial charge in [-0.3, -0.25) is 24.0 Å². The topological polar surface area (TPSA) is 184 Å². The van der Waals surface area contributed by atoms with Gasteiger partial charge in [0.15, 0.2) is 12.4 Å². The van der Waals surface area contributed by atoms with E-state index >= 15 is 0 Å². The lowest BCUT2D eigenvalue weighted by Crippen LogP contribution is -2.58. The fourth-order valence-electron chi connectivity index (χ4n) is 5.47. The Bertz CT molecular complexity index is 1180. The molecule has 0 radical (unpaired) electrons. The summed E-state index contributed by atoms with van der Waals surface area (Å²) in [5.41, 5.74) is 0.245. The molecule has 0 aromatic carbocycles. The molecule has 5 amide bonds. The molecule has 1 aromatic rings. The summed E-state index contributed by atoms with van der Waals surface area (Å²) in [5, 5.41) is 29.3. The quantitative estimate of drug-likeness (QED) is 0.0754. The Morgan fingerprint density at radius 3 is 1.90 bits per heavy atom. The highest BCUT2D eigenvalue weighted by atomic mass is 16.5. The van der Waals surface area contributed by atoms with Gasteiger partial charge < -0.3 is 37.1 Å². The molecule has 1 heterocycles. The Morgan fingerprint density at radius 1 is 0.735 bits per heavy atom. The van der Waals surface area contributed by atoms with Crippen molar-refractivity contribution in [2.24, 2.45) is 17.8 Å². The minimum atomic E-state index is -0.899. The monoisotopic (exact) mass is 689 g/mol. The van der Waals surface area contributed by atoms with E-state index in [4.69, 9.17) is 0 Å². The molecular weight excluding hydrogens is 626 g/mol. The Morgan fingerprint density at radius 2 is 1.37 bits per heavy atom. The molecule has 49 heavy (non-hydrogen) atoms. The van der Waals surface area contributed by atoms with Crippen LogP contribution in [0.5, 0.6) is 0 Å². The second kappa shape index (κ2) is 22.8. The fourth-order valence-corrected chi connectivity index (χ4v) is 5.47. The van der Waals surface area contributed by atoms with Crippen LogP contribution in [0.3, 0.4) is 0 Å². The average molecular weight is 690 g/mol. The summed E-state index contributed by atoms with van der Waals surface area (Å²) in [6.45, 7) is 18.2. The Hall–Kier alpha value is -3.74. The Labute approximate surface area is 293 Å². The standard InChI is InChI=1S/C36H63N7O6/c1-10-14-16-28(33(45)41-30(24(7)8)35(47)37-13-4)38-22-27(21-23(5)6)39-34(46)29(15-11-2)40-36(48)31(25(9)12-3)42-32(44)26-17-19-43(49)20-18-26/h17-20,23-25,27-31,38H,10-16,21-22H2,1-9H3,(H,37,47)(H,39,46)(H,40,48)(H,41,45)(H,42,44)/t25-,27-,28-,29-,30-,31-/m0/s1. The summed E-state index contributed by atoms with van der Waals surface area (Å²) in [6, 6.07) is -0.532. The predicted octanol–water partition coefficient (Wildman–Crippen LogP) is 2.71. The van der Waals surface area contributed by atoms with E-state index in [9.17, 15) is 29.2 Å². The van der Waals surface area contributed by atoms with Crippen molar-refractivity contribution in [3.63, 3.8) is 0 Å². The number of pyridine rings is 1. The van der Waals surface area contributed by atoms with Crippen LogP contribution >= 0.6 is 0 Å². The van der Waals surface area contributed by atoms with Crippen LogP contribution < -0.4 is 36.6 Å². The number of nitrogens with one attached hydrogen (secondary N) is 6. The molecule has 0 aliphatic heterocycles. The number of carbonyl (C=O) groups is 5. The molecule has 13 nitrogen and oxygen atoms in total. The zero-order chi connectivity index (χ0) is 37.1. The number of likely N-dealkylation sites (N-methyl/N-ethyl adjacent to an activating group) is 1. The van der Waals surface area contributed by atoms with Gasteiger partial charge in [-0.25, -0.2) is 0 Å². The van der Waals surface area contributed by atoms with Crippen molar-refractivity contribution in [3.05, 3.63) is 35.3 Å². The van der Waals surface area contributed by atoms with Crippen LogP contribution in [0.25, 0.3) is 0 Å². The van der Waals surface area contributed by atoms with Gasteiger partial charge in [0.2, 0.25) is 23.6 Å². The van der Waals surface area contributed by atoms with Crippen LogP contribution in [0.2, 0.25) is 0 Å². The number of carbonyl (C=O) groups excluding carboxylic acids is 5. The molecule has 13 heteroatoms. The van der Waals surface area contributed by atoms with E-state index in [1.807, 2.05) is 62.3 Å². The van der Waals surface area contributed by atoms with Crippen molar-refractivity contribution >= 4 is 29.5 Å². The van der Waals surface area contributed by atoms with Gasteiger partial charge in [0.05, 0.1) is 11.6 Å². The van der Waals surface area contributed by atoms with Crippen LogP contribution in [0.15, 0.2) is 24.5 Å². The number of hydrogen-bond acceptors (Lipinski definition) is 7.